The van der Waals surface area contributed by atoms with Crippen LogP contribution in [-0.2, 0) is 11.8 Å². The van der Waals surface area contributed by atoms with E-state index >= 15 is 0 Å². The molecular formula is C24H22N6O2S. The number of pyridine rings is 1. The lowest BCUT2D eigenvalue weighted by molar-refractivity contribution is -0.113. The summed E-state index contributed by atoms with van der Waals surface area (Å²) in [5.74, 6) is 0.483. The number of benzene rings is 2. The molecule has 0 bridgehead atoms. The smallest absolute Gasteiger partial charge is 0.255 e. The molecule has 0 aliphatic rings. The minimum Gasteiger partial charge on any atom is -0.325 e. The van der Waals surface area contributed by atoms with E-state index in [1.165, 1.54) is 11.8 Å². The molecule has 0 saturated carbocycles. The lowest BCUT2D eigenvalue weighted by Gasteiger charge is -2.09. The Kier molecular flexibility index (Phi) is 6.80. The fourth-order valence-electron chi connectivity index (χ4n) is 3.10. The fourth-order valence-corrected chi connectivity index (χ4v) is 3.81. The molecule has 2 N–H and O–H groups in total. The van der Waals surface area contributed by atoms with Crippen molar-refractivity contribution >= 4 is 35.0 Å². The van der Waals surface area contributed by atoms with E-state index in [-0.39, 0.29) is 17.6 Å². The maximum absolute atomic E-state index is 12.5. The molecule has 33 heavy (non-hydrogen) atoms. The molecule has 0 saturated heterocycles. The van der Waals surface area contributed by atoms with Crippen LogP contribution in [0.5, 0.6) is 0 Å². The van der Waals surface area contributed by atoms with E-state index in [2.05, 4.69) is 25.8 Å². The van der Waals surface area contributed by atoms with E-state index in [1.807, 2.05) is 42.8 Å². The van der Waals surface area contributed by atoms with Gasteiger partial charge in [-0.1, -0.05) is 35.5 Å². The van der Waals surface area contributed by atoms with Crippen LogP contribution in [0.3, 0.4) is 0 Å². The van der Waals surface area contributed by atoms with Crippen LogP contribution in [0.25, 0.3) is 11.4 Å². The summed E-state index contributed by atoms with van der Waals surface area (Å²) >= 11 is 1.30. The topological polar surface area (TPSA) is 102 Å². The van der Waals surface area contributed by atoms with Crippen molar-refractivity contribution in [3.05, 3.63) is 84.2 Å². The van der Waals surface area contributed by atoms with Gasteiger partial charge in [0.1, 0.15) is 0 Å². The van der Waals surface area contributed by atoms with E-state index in [0.29, 0.717) is 27.9 Å². The van der Waals surface area contributed by atoms with Gasteiger partial charge in [-0.05, 0) is 49.4 Å². The summed E-state index contributed by atoms with van der Waals surface area (Å²) in [5.41, 5.74) is 3.75. The summed E-state index contributed by atoms with van der Waals surface area (Å²) in [5, 5.41) is 14.7. The van der Waals surface area contributed by atoms with Crippen molar-refractivity contribution in [2.75, 3.05) is 16.4 Å². The maximum Gasteiger partial charge on any atom is 0.255 e. The third-order valence-corrected chi connectivity index (χ3v) is 5.84. The Balaban J connectivity index is 1.34. The van der Waals surface area contributed by atoms with E-state index in [4.69, 9.17) is 0 Å². The summed E-state index contributed by atoms with van der Waals surface area (Å²) in [6, 6.07) is 18.1. The number of aryl methyl sites for hydroxylation is 1. The number of anilines is 2. The van der Waals surface area contributed by atoms with Gasteiger partial charge < -0.3 is 15.2 Å². The molecular weight excluding hydrogens is 436 g/mol. The van der Waals surface area contributed by atoms with Gasteiger partial charge in [-0.15, -0.1) is 10.2 Å². The number of hydrogen-bond acceptors (Lipinski definition) is 6. The van der Waals surface area contributed by atoms with Gasteiger partial charge in [0.2, 0.25) is 5.91 Å². The molecule has 4 rings (SSSR count). The SMILES string of the molecule is Cc1ccc(C(=O)Nc2cccc(NC(=O)CSc3nnc(-c4ccncc4)n3C)c2)cc1. The second-order valence-electron chi connectivity index (χ2n) is 7.34. The summed E-state index contributed by atoms with van der Waals surface area (Å²) < 4.78 is 1.84. The molecule has 9 heteroatoms. The quantitative estimate of drug-likeness (QED) is 0.403. The second kappa shape index (κ2) is 10.1. The van der Waals surface area contributed by atoms with E-state index in [9.17, 15) is 9.59 Å². The predicted octanol–water partition coefficient (Wildman–Crippen LogP) is 4.17. The van der Waals surface area contributed by atoms with Gasteiger partial charge in [0, 0.05) is 41.9 Å². The minimum atomic E-state index is -0.207. The number of hydrogen-bond donors (Lipinski definition) is 2. The molecule has 0 spiro atoms. The van der Waals surface area contributed by atoms with Gasteiger partial charge in [-0.3, -0.25) is 14.6 Å². The highest BCUT2D eigenvalue weighted by atomic mass is 32.2. The lowest BCUT2D eigenvalue weighted by atomic mass is 10.1. The molecule has 2 aromatic carbocycles. The highest BCUT2D eigenvalue weighted by Crippen LogP contribution is 2.22. The molecule has 0 aliphatic carbocycles. The number of aromatic nitrogens is 4. The molecule has 0 radical (unpaired) electrons. The van der Waals surface area contributed by atoms with Crippen LogP contribution in [0, 0.1) is 6.92 Å². The van der Waals surface area contributed by atoms with Crippen molar-refractivity contribution in [2.45, 2.75) is 12.1 Å². The first kappa shape index (κ1) is 22.2. The minimum absolute atomic E-state index is 0.169. The molecule has 2 heterocycles. The van der Waals surface area contributed by atoms with Crippen LogP contribution in [-0.4, -0.2) is 37.3 Å². The summed E-state index contributed by atoms with van der Waals surface area (Å²) in [7, 11) is 1.86. The summed E-state index contributed by atoms with van der Waals surface area (Å²) in [4.78, 5) is 28.9. The molecule has 2 amide bonds. The molecule has 166 valence electrons. The van der Waals surface area contributed by atoms with Crippen molar-refractivity contribution in [3.63, 3.8) is 0 Å². The monoisotopic (exact) mass is 458 g/mol. The van der Waals surface area contributed by atoms with Crippen molar-refractivity contribution in [3.8, 4) is 11.4 Å². The van der Waals surface area contributed by atoms with E-state index in [1.54, 1.807) is 48.8 Å². The number of amides is 2. The Bertz CT molecular complexity index is 1270. The number of carbonyl (C=O) groups is 2. The Morgan fingerprint density at radius 2 is 1.64 bits per heavy atom. The first-order valence-electron chi connectivity index (χ1n) is 10.2. The van der Waals surface area contributed by atoms with Crippen molar-refractivity contribution < 1.29 is 9.59 Å². The molecule has 2 aromatic heterocycles. The molecule has 0 atom stereocenters. The maximum atomic E-state index is 12.5. The number of thioether (sulfide) groups is 1. The zero-order valence-corrected chi connectivity index (χ0v) is 19.0. The van der Waals surface area contributed by atoms with Crippen molar-refractivity contribution in [1.82, 2.24) is 19.7 Å². The van der Waals surface area contributed by atoms with Crippen LogP contribution in [0.4, 0.5) is 11.4 Å². The highest BCUT2D eigenvalue weighted by molar-refractivity contribution is 7.99. The third-order valence-electron chi connectivity index (χ3n) is 4.82. The predicted molar refractivity (Wildman–Crippen MR) is 129 cm³/mol. The Morgan fingerprint density at radius 1 is 0.939 bits per heavy atom. The van der Waals surface area contributed by atoms with Crippen molar-refractivity contribution in [1.29, 1.82) is 0 Å². The van der Waals surface area contributed by atoms with Gasteiger partial charge in [0.05, 0.1) is 5.75 Å². The fraction of sp³-hybridized carbons (Fsp3) is 0.125. The first-order valence-corrected chi connectivity index (χ1v) is 11.2. The Labute approximate surface area is 195 Å². The number of rotatable bonds is 7. The van der Waals surface area contributed by atoms with Crippen LogP contribution in [0.2, 0.25) is 0 Å². The van der Waals surface area contributed by atoms with Crippen LogP contribution in [0.1, 0.15) is 15.9 Å². The van der Waals surface area contributed by atoms with Gasteiger partial charge in [-0.25, -0.2) is 0 Å². The molecule has 0 fully saturated rings. The number of carbonyl (C=O) groups excluding carboxylic acids is 2. The summed E-state index contributed by atoms with van der Waals surface area (Å²) in [6.45, 7) is 1.97. The lowest BCUT2D eigenvalue weighted by Crippen LogP contribution is -2.15. The normalized spacial score (nSPS) is 10.6. The van der Waals surface area contributed by atoms with E-state index < -0.39 is 0 Å². The van der Waals surface area contributed by atoms with Gasteiger partial charge in [0.15, 0.2) is 11.0 Å². The molecule has 0 aliphatic heterocycles. The van der Waals surface area contributed by atoms with E-state index in [0.717, 1.165) is 11.1 Å². The zero-order chi connectivity index (χ0) is 23.2. The summed E-state index contributed by atoms with van der Waals surface area (Å²) in [6.07, 6.45) is 3.39. The molecule has 0 unspecified atom stereocenters. The second-order valence-corrected chi connectivity index (χ2v) is 8.28. The third kappa shape index (κ3) is 5.64. The average molecular weight is 459 g/mol. The standard InChI is InChI=1S/C24H22N6O2S/c1-16-6-8-18(9-7-16)23(32)27-20-5-3-4-19(14-20)26-21(31)15-33-24-29-28-22(30(24)2)17-10-12-25-13-11-17/h3-14H,15H2,1-2H3,(H,26,31)(H,27,32). The van der Waals surface area contributed by atoms with Gasteiger partial charge in [0.25, 0.3) is 5.91 Å². The molecule has 8 nitrogen and oxygen atoms in total. The van der Waals surface area contributed by atoms with Gasteiger partial charge in [-0.2, -0.15) is 0 Å². The largest absolute Gasteiger partial charge is 0.325 e. The highest BCUT2D eigenvalue weighted by Gasteiger charge is 2.13. The Hall–Kier alpha value is -3.98. The van der Waals surface area contributed by atoms with Crippen LogP contribution >= 0.6 is 11.8 Å². The van der Waals surface area contributed by atoms with Gasteiger partial charge >= 0.3 is 0 Å². The Morgan fingerprint density at radius 3 is 2.36 bits per heavy atom. The zero-order valence-electron chi connectivity index (χ0n) is 18.1. The van der Waals surface area contributed by atoms with Crippen molar-refractivity contribution in [2.24, 2.45) is 7.05 Å². The van der Waals surface area contributed by atoms with Crippen LogP contribution in [0.15, 0.2) is 78.2 Å². The number of nitrogens with zero attached hydrogens (tertiary/aromatic N) is 4. The average Bonchev–Trinajstić information content (AvgIpc) is 3.19. The molecule has 4 aromatic rings. The van der Waals surface area contributed by atoms with Crippen LogP contribution < -0.4 is 10.6 Å². The first-order chi connectivity index (χ1) is 16.0. The number of nitrogens with one attached hydrogen (secondary N) is 2.